The van der Waals surface area contributed by atoms with Crippen LogP contribution in [0.4, 0.5) is 5.69 Å². The van der Waals surface area contributed by atoms with Gasteiger partial charge in [-0.05, 0) is 60.7 Å². The van der Waals surface area contributed by atoms with Crippen LogP contribution in [0.15, 0.2) is 59.1 Å². The van der Waals surface area contributed by atoms with Crippen molar-refractivity contribution in [3.8, 4) is 11.5 Å². The summed E-state index contributed by atoms with van der Waals surface area (Å²) in [6, 6.07) is 14.3. The van der Waals surface area contributed by atoms with Crippen LogP contribution in [0.5, 0.6) is 11.5 Å². The summed E-state index contributed by atoms with van der Waals surface area (Å²) >= 11 is 0. The monoisotopic (exact) mass is 668 g/mol. The second kappa shape index (κ2) is 20.4. The Kier molecular flexibility index (Phi) is 17.5. The largest absolute Gasteiger partial charge is 0.493 e. The Hall–Kier alpha value is -2.60. The molecule has 44 heavy (non-hydrogen) atoms. The number of carbonyl (C=O) groups is 1. The van der Waals surface area contributed by atoms with Crippen molar-refractivity contribution < 1.29 is 14.3 Å². The predicted octanol–water partition coefficient (Wildman–Crippen LogP) is 10.5. The number of aliphatic imine (C=N–C) groups is 1. The van der Waals surface area contributed by atoms with Gasteiger partial charge in [0.1, 0.15) is 0 Å². The SMILES string of the molecule is Br.CCCCCCCCCCCCCCOc1ccc(CN(C(C)=O)c2cccc(CC3(C)C=C(C)C=NC3)c2)cc1OC. The zero-order chi connectivity index (χ0) is 30.9. The molecule has 2 aromatic carbocycles. The Morgan fingerprint density at radius 2 is 1.55 bits per heavy atom. The first-order chi connectivity index (χ1) is 20.8. The Labute approximate surface area is 278 Å². The van der Waals surface area contributed by atoms with Crippen molar-refractivity contribution in [2.45, 2.75) is 118 Å². The number of nitrogens with zero attached hydrogens (tertiary/aromatic N) is 2. The maximum absolute atomic E-state index is 12.8. The molecule has 1 aliphatic heterocycles. The average Bonchev–Trinajstić information content (AvgIpc) is 2.98. The molecule has 0 fully saturated rings. The molecule has 2 aromatic rings. The molecule has 0 bridgehead atoms. The molecule has 0 N–H and O–H groups in total. The summed E-state index contributed by atoms with van der Waals surface area (Å²) in [6.45, 7) is 10.2. The molecule has 0 spiro atoms. The molecule has 1 unspecified atom stereocenters. The number of hydrogen-bond acceptors (Lipinski definition) is 4. The molecule has 6 heteroatoms. The van der Waals surface area contributed by atoms with Gasteiger partial charge in [-0.15, -0.1) is 17.0 Å². The van der Waals surface area contributed by atoms with E-state index in [-0.39, 0.29) is 28.3 Å². The first kappa shape index (κ1) is 37.6. The van der Waals surface area contributed by atoms with E-state index >= 15 is 0 Å². The number of dihydropyridines is 1. The standard InChI is InChI=1S/C38H56N2O3.BrH/c1-6-7-8-9-10-11-12-13-14-15-16-17-23-43-36-22-21-34(25-37(36)42-5)29-40(32(3)41)35-20-18-19-33(24-35)27-38(4)26-31(2)28-39-30-38;/h18-22,24-26,28H,6-17,23,27,29-30H2,1-5H3;1H. The van der Waals surface area contributed by atoms with Gasteiger partial charge < -0.3 is 14.4 Å². The van der Waals surface area contributed by atoms with Crippen molar-refractivity contribution in [2.24, 2.45) is 10.4 Å². The van der Waals surface area contributed by atoms with E-state index in [4.69, 9.17) is 9.47 Å². The molecular formula is C38H57BrN2O3. The molecule has 3 rings (SSSR count). The lowest BCUT2D eigenvalue weighted by atomic mass is 9.81. The lowest BCUT2D eigenvalue weighted by Crippen LogP contribution is -2.28. The molecule has 0 aromatic heterocycles. The Bertz CT molecular complexity index is 1190. The van der Waals surface area contributed by atoms with Crippen LogP contribution in [0.25, 0.3) is 0 Å². The molecule has 1 heterocycles. The number of ether oxygens (including phenoxy) is 2. The first-order valence-corrected chi connectivity index (χ1v) is 16.7. The number of carbonyl (C=O) groups excluding carboxylic acids is 1. The molecule has 5 nitrogen and oxygen atoms in total. The number of amides is 1. The highest BCUT2D eigenvalue weighted by molar-refractivity contribution is 8.93. The fourth-order valence-electron chi connectivity index (χ4n) is 6.06. The Balaban J connectivity index is 0.00000675. The third-order valence-corrected chi connectivity index (χ3v) is 8.36. The van der Waals surface area contributed by atoms with Crippen LogP contribution in [0.1, 0.15) is 116 Å². The van der Waals surface area contributed by atoms with E-state index in [9.17, 15) is 4.79 Å². The van der Waals surface area contributed by atoms with Gasteiger partial charge in [-0.25, -0.2) is 0 Å². The summed E-state index contributed by atoms with van der Waals surface area (Å²) in [6.07, 6.45) is 21.1. The molecule has 0 radical (unpaired) electrons. The number of methoxy groups -OCH3 is 1. The lowest BCUT2D eigenvalue weighted by Gasteiger charge is -2.28. The smallest absolute Gasteiger partial charge is 0.224 e. The summed E-state index contributed by atoms with van der Waals surface area (Å²) in [5, 5.41) is 0. The van der Waals surface area contributed by atoms with Crippen molar-refractivity contribution in [3.63, 3.8) is 0 Å². The minimum atomic E-state index is -0.0189. The van der Waals surface area contributed by atoms with E-state index in [0.717, 1.165) is 36.4 Å². The third-order valence-electron chi connectivity index (χ3n) is 8.36. The van der Waals surface area contributed by atoms with Crippen molar-refractivity contribution in [1.82, 2.24) is 0 Å². The quantitative estimate of drug-likeness (QED) is 0.132. The fourth-order valence-corrected chi connectivity index (χ4v) is 6.06. The Morgan fingerprint density at radius 1 is 0.886 bits per heavy atom. The van der Waals surface area contributed by atoms with Crippen molar-refractivity contribution in [3.05, 3.63) is 65.2 Å². The molecule has 0 saturated heterocycles. The number of unbranched alkanes of at least 4 members (excludes halogenated alkanes) is 11. The van der Waals surface area contributed by atoms with Gasteiger partial charge in [0.05, 0.1) is 20.3 Å². The first-order valence-electron chi connectivity index (χ1n) is 16.7. The molecular weight excluding hydrogens is 612 g/mol. The highest BCUT2D eigenvalue weighted by atomic mass is 79.9. The van der Waals surface area contributed by atoms with Crippen LogP contribution in [-0.2, 0) is 17.8 Å². The molecule has 1 aliphatic rings. The lowest BCUT2D eigenvalue weighted by molar-refractivity contribution is -0.116. The summed E-state index contributed by atoms with van der Waals surface area (Å²) in [7, 11) is 1.67. The van der Waals surface area contributed by atoms with Gasteiger partial charge in [0.25, 0.3) is 0 Å². The summed E-state index contributed by atoms with van der Waals surface area (Å²) < 4.78 is 11.8. The third kappa shape index (κ3) is 13.2. The zero-order valence-corrected chi connectivity index (χ0v) is 29.8. The number of hydrogen-bond donors (Lipinski definition) is 0. The number of anilines is 1. The number of rotatable bonds is 20. The van der Waals surface area contributed by atoms with Crippen molar-refractivity contribution in [1.29, 1.82) is 0 Å². The van der Waals surface area contributed by atoms with Gasteiger partial charge in [0, 0.05) is 30.8 Å². The number of allylic oxidation sites excluding steroid dienone is 1. The van der Waals surface area contributed by atoms with Crippen LogP contribution in [0.3, 0.4) is 0 Å². The van der Waals surface area contributed by atoms with E-state index in [1.807, 2.05) is 41.4 Å². The number of benzene rings is 2. The fraction of sp³-hybridized carbons (Fsp3) is 0.579. The maximum atomic E-state index is 12.8. The topological polar surface area (TPSA) is 51.1 Å². The minimum Gasteiger partial charge on any atom is -0.493 e. The van der Waals surface area contributed by atoms with Crippen LogP contribution in [-0.4, -0.2) is 32.4 Å². The van der Waals surface area contributed by atoms with Crippen LogP contribution in [0, 0.1) is 5.41 Å². The second-order valence-corrected chi connectivity index (χ2v) is 12.7. The average molecular weight is 670 g/mol. The van der Waals surface area contributed by atoms with Gasteiger partial charge >= 0.3 is 0 Å². The Morgan fingerprint density at radius 3 is 2.16 bits per heavy atom. The zero-order valence-electron chi connectivity index (χ0n) is 28.0. The molecule has 0 saturated carbocycles. The van der Waals surface area contributed by atoms with Crippen molar-refractivity contribution >= 4 is 34.8 Å². The highest BCUT2D eigenvalue weighted by Crippen LogP contribution is 2.32. The van der Waals surface area contributed by atoms with Gasteiger partial charge in [0.2, 0.25) is 5.91 Å². The molecule has 1 amide bonds. The van der Waals surface area contributed by atoms with E-state index < -0.39 is 0 Å². The van der Waals surface area contributed by atoms with E-state index in [1.165, 1.54) is 81.8 Å². The van der Waals surface area contributed by atoms with Crippen LogP contribution >= 0.6 is 17.0 Å². The molecule has 0 aliphatic carbocycles. The van der Waals surface area contributed by atoms with E-state index in [1.54, 1.807) is 14.0 Å². The van der Waals surface area contributed by atoms with Crippen LogP contribution in [0.2, 0.25) is 0 Å². The van der Waals surface area contributed by atoms with Gasteiger partial charge in [0.15, 0.2) is 11.5 Å². The summed E-state index contributed by atoms with van der Waals surface area (Å²) in [5.41, 5.74) is 4.29. The normalized spacial score (nSPS) is 15.8. The van der Waals surface area contributed by atoms with Gasteiger partial charge in [-0.1, -0.05) is 109 Å². The summed E-state index contributed by atoms with van der Waals surface area (Å²) in [4.78, 5) is 19.1. The highest BCUT2D eigenvalue weighted by Gasteiger charge is 2.24. The van der Waals surface area contributed by atoms with E-state index in [0.29, 0.717) is 18.9 Å². The second-order valence-electron chi connectivity index (χ2n) is 12.7. The predicted molar refractivity (Wildman–Crippen MR) is 192 cm³/mol. The summed E-state index contributed by atoms with van der Waals surface area (Å²) in [5.74, 6) is 1.48. The molecule has 1 atom stereocenters. The number of halogens is 1. The maximum Gasteiger partial charge on any atom is 0.224 e. The van der Waals surface area contributed by atoms with Gasteiger partial charge in [-0.2, -0.15) is 0 Å². The van der Waals surface area contributed by atoms with E-state index in [2.05, 4.69) is 44.0 Å². The molecule has 244 valence electrons. The minimum absolute atomic E-state index is 0. The van der Waals surface area contributed by atoms with Crippen molar-refractivity contribution in [2.75, 3.05) is 25.2 Å². The van der Waals surface area contributed by atoms with Gasteiger partial charge in [-0.3, -0.25) is 9.79 Å². The van der Waals surface area contributed by atoms with Crippen LogP contribution < -0.4 is 14.4 Å².